The maximum absolute atomic E-state index is 12.7. The number of carboxylic acid groups (broad SMARTS) is 1. The zero-order chi connectivity index (χ0) is 20.9. The maximum atomic E-state index is 12.7. The van der Waals surface area contributed by atoms with Crippen LogP contribution in [0.2, 0.25) is 0 Å². The molecular formula is C23H21N3O4. The molecular weight excluding hydrogens is 382 g/mol. The molecule has 0 saturated carbocycles. The molecule has 4 rings (SSSR count). The lowest BCUT2D eigenvalue weighted by Crippen LogP contribution is -2.36. The molecule has 7 heteroatoms. The van der Waals surface area contributed by atoms with E-state index in [9.17, 15) is 14.7 Å². The van der Waals surface area contributed by atoms with Crippen LogP contribution in [0.25, 0.3) is 17.8 Å². The van der Waals surface area contributed by atoms with Crippen molar-refractivity contribution in [2.24, 2.45) is 0 Å². The number of rotatable bonds is 5. The monoisotopic (exact) mass is 403 g/mol. The Kier molecular flexibility index (Phi) is 5.66. The summed E-state index contributed by atoms with van der Waals surface area (Å²) in [5.74, 6) is -1.20. The number of H-pyrrole nitrogens is 1. The average Bonchev–Trinajstić information content (AvgIpc) is 3.12. The molecule has 0 aliphatic carbocycles. The Hall–Kier alpha value is -3.80. The minimum atomic E-state index is -1.20. The second kappa shape index (κ2) is 8.69. The van der Waals surface area contributed by atoms with Crippen molar-refractivity contribution < 1.29 is 14.6 Å². The van der Waals surface area contributed by atoms with E-state index in [2.05, 4.69) is 15.7 Å². The van der Waals surface area contributed by atoms with E-state index in [-0.39, 0.29) is 11.3 Å². The Morgan fingerprint density at radius 1 is 1.00 bits per heavy atom. The van der Waals surface area contributed by atoms with Gasteiger partial charge in [0, 0.05) is 18.8 Å². The van der Waals surface area contributed by atoms with Crippen LogP contribution in [0.1, 0.15) is 21.6 Å². The van der Waals surface area contributed by atoms with Gasteiger partial charge in [0.1, 0.15) is 0 Å². The summed E-state index contributed by atoms with van der Waals surface area (Å²) in [6, 6.07) is 16.8. The lowest BCUT2D eigenvalue weighted by molar-refractivity contribution is 0.0689. The van der Waals surface area contributed by atoms with Gasteiger partial charge in [-0.1, -0.05) is 30.3 Å². The molecule has 30 heavy (non-hydrogen) atoms. The van der Waals surface area contributed by atoms with Gasteiger partial charge in [-0.2, -0.15) is 0 Å². The number of aromatic amines is 1. The summed E-state index contributed by atoms with van der Waals surface area (Å²) in [6.07, 6.45) is 3.12. The SMILES string of the molecule is O=C(O)c1[nH]n(-c2ccccc2)c(=O)c1C=C=Cc1ccc(N2CCOCC2)cc1. The van der Waals surface area contributed by atoms with E-state index in [1.807, 2.05) is 30.3 Å². The highest BCUT2D eigenvalue weighted by Gasteiger charge is 2.18. The van der Waals surface area contributed by atoms with Crippen molar-refractivity contribution in [2.75, 3.05) is 31.2 Å². The highest BCUT2D eigenvalue weighted by Crippen LogP contribution is 2.17. The Balaban J connectivity index is 1.60. The van der Waals surface area contributed by atoms with E-state index in [0.29, 0.717) is 5.69 Å². The minimum absolute atomic E-state index is 0.0486. The number of carboxylic acids is 1. The van der Waals surface area contributed by atoms with Gasteiger partial charge < -0.3 is 14.7 Å². The molecule has 2 heterocycles. The smallest absolute Gasteiger partial charge is 0.354 e. The maximum Gasteiger partial charge on any atom is 0.354 e. The molecule has 1 aliphatic rings. The van der Waals surface area contributed by atoms with E-state index in [4.69, 9.17) is 4.74 Å². The van der Waals surface area contributed by atoms with Crippen LogP contribution in [-0.2, 0) is 4.74 Å². The third-order valence-electron chi connectivity index (χ3n) is 4.90. The molecule has 1 aromatic heterocycles. The Bertz CT molecular complexity index is 1150. The van der Waals surface area contributed by atoms with Gasteiger partial charge in [0.25, 0.3) is 5.56 Å². The fraction of sp³-hybridized carbons (Fsp3) is 0.174. The van der Waals surface area contributed by atoms with Gasteiger partial charge >= 0.3 is 5.97 Å². The largest absolute Gasteiger partial charge is 0.477 e. The van der Waals surface area contributed by atoms with Crippen LogP contribution in [0.3, 0.4) is 0 Å². The van der Waals surface area contributed by atoms with Crippen LogP contribution >= 0.6 is 0 Å². The first-order valence-corrected chi connectivity index (χ1v) is 9.62. The van der Waals surface area contributed by atoms with Crippen molar-refractivity contribution in [3.8, 4) is 5.69 Å². The number of aromatic carboxylic acids is 1. The number of aromatic nitrogens is 2. The summed E-state index contributed by atoms with van der Waals surface area (Å²) >= 11 is 0. The Morgan fingerprint density at radius 3 is 2.37 bits per heavy atom. The van der Waals surface area contributed by atoms with Crippen molar-refractivity contribution in [1.29, 1.82) is 0 Å². The van der Waals surface area contributed by atoms with Gasteiger partial charge in [0.2, 0.25) is 0 Å². The average molecular weight is 403 g/mol. The predicted octanol–water partition coefficient (Wildman–Crippen LogP) is 3.03. The van der Waals surface area contributed by atoms with E-state index in [1.54, 1.807) is 30.3 Å². The van der Waals surface area contributed by atoms with Gasteiger partial charge in [0.05, 0.1) is 24.5 Å². The highest BCUT2D eigenvalue weighted by molar-refractivity contribution is 5.90. The van der Waals surface area contributed by atoms with Crippen LogP contribution in [0.4, 0.5) is 5.69 Å². The molecule has 7 nitrogen and oxygen atoms in total. The molecule has 3 aromatic rings. The Labute approximate surface area is 173 Å². The number of anilines is 1. The van der Waals surface area contributed by atoms with Crippen LogP contribution in [0.5, 0.6) is 0 Å². The first-order valence-electron chi connectivity index (χ1n) is 9.62. The highest BCUT2D eigenvalue weighted by atomic mass is 16.5. The van der Waals surface area contributed by atoms with Crippen LogP contribution < -0.4 is 10.5 Å². The van der Waals surface area contributed by atoms with Gasteiger partial charge in [-0.3, -0.25) is 9.89 Å². The number of ether oxygens (including phenoxy) is 1. The topological polar surface area (TPSA) is 87.6 Å². The summed E-state index contributed by atoms with van der Waals surface area (Å²) in [7, 11) is 0. The van der Waals surface area contributed by atoms with Gasteiger partial charge in [-0.05, 0) is 42.0 Å². The summed E-state index contributed by atoms with van der Waals surface area (Å²) in [6.45, 7) is 3.20. The summed E-state index contributed by atoms with van der Waals surface area (Å²) in [5.41, 5.74) is 4.96. The first-order chi connectivity index (χ1) is 14.6. The second-order valence-electron chi connectivity index (χ2n) is 6.83. The number of hydrogen-bond acceptors (Lipinski definition) is 4. The fourth-order valence-corrected chi connectivity index (χ4v) is 3.33. The number of para-hydroxylation sites is 1. The molecule has 0 unspecified atom stereocenters. The molecule has 0 atom stereocenters. The van der Waals surface area contributed by atoms with Gasteiger partial charge in [-0.15, -0.1) is 5.73 Å². The fourth-order valence-electron chi connectivity index (χ4n) is 3.33. The third-order valence-corrected chi connectivity index (χ3v) is 4.90. The lowest BCUT2D eigenvalue weighted by Gasteiger charge is -2.28. The minimum Gasteiger partial charge on any atom is -0.477 e. The molecule has 2 N–H and O–H groups in total. The first kappa shape index (κ1) is 19.5. The number of morpholine rings is 1. The van der Waals surface area contributed by atoms with Gasteiger partial charge in [-0.25, -0.2) is 9.48 Å². The number of nitrogens with one attached hydrogen (secondary N) is 1. The van der Waals surface area contributed by atoms with Gasteiger partial charge in [0.15, 0.2) is 5.69 Å². The summed E-state index contributed by atoms with van der Waals surface area (Å²) in [5, 5.41) is 12.1. The number of benzene rings is 2. The predicted molar refractivity (Wildman–Crippen MR) is 115 cm³/mol. The molecule has 1 saturated heterocycles. The quantitative estimate of drug-likeness (QED) is 0.640. The molecule has 2 aromatic carbocycles. The number of nitrogens with zero attached hydrogens (tertiary/aromatic N) is 2. The number of carbonyl (C=O) groups is 1. The van der Waals surface area contributed by atoms with Crippen molar-refractivity contribution in [2.45, 2.75) is 0 Å². The van der Waals surface area contributed by atoms with E-state index in [0.717, 1.165) is 37.6 Å². The van der Waals surface area contributed by atoms with E-state index >= 15 is 0 Å². The van der Waals surface area contributed by atoms with E-state index in [1.165, 1.54) is 10.8 Å². The number of hydrogen-bond donors (Lipinski definition) is 2. The van der Waals surface area contributed by atoms with Crippen molar-refractivity contribution in [3.05, 3.63) is 87.5 Å². The molecule has 0 bridgehead atoms. The standard InChI is InChI=1S/C23H21N3O4/c27-22-20(21(23(28)29)24-26(22)19-6-2-1-3-7-19)8-4-5-17-9-11-18(12-10-17)25-13-15-30-16-14-25/h1-3,5-12,24H,13-16H2,(H,28,29). The van der Waals surface area contributed by atoms with Crippen LogP contribution in [0, 0.1) is 0 Å². The molecule has 1 fully saturated rings. The summed E-state index contributed by atoms with van der Waals surface area (Å²) < 4.78 is 6.59. The molecule has 1 aliphatic heterocycles. The summed E-state index contributed by atoms with van der Waals surface area (Å²) in [4.78, 5) is 26.6. The van der Waals surface area contributed by atoms with Crippen molar-refractivity contribution in [3.63, 3.8) is 0 Å². The normalized spacial score (nSPS) is 13.5. The Morgan fingerprint density at radius 2 is 1.70 bits per heavy atom. The van der Waals surface area contributed by atoms with Crippen LogP contribution in [-0.4, -0.2) is 47.2 Å². The third kappa shape index (κ3) is 4.12. The molecule has 0 spiro atoms. The molecule has 0 radical (unpaired) electrons. The van der Waals surface area contributed by atoms with Crippen molar-refractivity contribution >= 4 is 23.8 Å². The van der Waals surface area contributed by atoms with Crippen molar-refractivity contribution in [1.82, 2.24) is 9.78 Å². The second-order valence-corrected chi connectivity index (χ2v) is 6.83. The zero-order valence-electron chi connectivity index (χ0n) is 16.2. The molecule has 152 valence electrons. The van der Waals surface area contributed by atoms with Crippen LogP contribution in [0.15, 0.2) is 65.1 Å². The van der Waals surface area contributed by atoms with E-state index < -0.39 is 11.5 Å². The lowest BCUT2D eigenvalue weighted by atomic mass is 10.1. The zero-order valence-corrected chi connectivity index (χ0v) is 16.2. The molecule has 0 amide bonds.